The lowest BCUT2D eigenvalue weighted by atomic mass is 9.91. The van der Waals surface area contributed by atoms with Gasteiger partial charge in [-0.3, -0.25) is 15.0 Å². The number of esters is 1. The van der Waals surface area contributed by atoms with Crippen molar-refractivity contribution < 1.29 is 29.2 Å². The van der Waals surface area contributed by atoms with E-state index in [0.717, 1.165) is 27.4 Å². The van der Waals surface area contributed by atoms with Gasteiger partial charge in [0.15, 0.2) is 12.7 Å². The van der Waals surface area contributed by atoms with Gasteiger partial charge in [0.1, 0.15) is 11.8 Å². The zero-order valence-corrected chi connectivity index (χ0v) is 20.0. The normalized spacial score (nSPS) is 19.0. The molecule has 1 unspecified atom stereocenters. The van der Waals surface area contributed by atoms with Gasteiger partial charge in [-0.1, -0.05) is 46.3 Å². The summed E-state index contributed by atoms with van der Waals surface area (Å²) in [5, 5.41) is 28.1. The molecule has 34 heavy (non-hydrogen) atoms. The van der Waals surface area contributed by atoms with Crippen LogP contribution in [0.1, 0.15) is 28.9 Å². The Morgan fingerprint density at radius 1 is 1.12 bits per heavy atom. The summed E-state index contributed by atoms with van der Waals surface area (Å²) in [5.74, 6) is -1.04. The smallest absolute Gasteiger partial charge is 0.361 e. The van der Waals surface area contributed by atoms with Crippen LogP contribution in [0.2, 0.25) is 0 Å². The van der Waals surface area contributed by atoms with E-state index in [0.29, 0.717) is 4.90 Å². The van der Waals surface area contributed by atoms with Crippen LogP contribution < -0.4 is 20.1 Å². The molecule has 1 heterocycles. The van der Waals surface area contributed by atoms with E-state index in [1.54, 1.807) is 0 Å². The molecular weight excluding hydrogens is 506 g/mol. The first-order valence-corrected chi connectivity index (χ1v) is 11.2. The molecule has 0 saturated carbocycles. The summed E-state index contributed by atoms with van der Waals surface area (Å²) in [6, 6.07) is 17.5. The number of rotatable bonds is 6. The van der Waals surface area contributed by atoms with Gasteiger partial charge in [-0.05, 0) is 30.0 Å². The second kappa shape index (κ2) is 9.70. The topological polar surface area (TPSA) is 118 Å². The highest BCUT2D eigenvalue weighted by molar-refractivity contribution is 9.10. The van der Waals surface area contributed by atoms with E-state index in [4.69, 9.17) is 9.47 Å². The average Bonchev–Trinajstić information content (AvgIpc) is 2.84. The molecule has 10 heteroatoms. The summed E-state index contributed by atoms with van der Waals surface area (Å²) < 4.78 is 11.1. The number of halogens is 1. The minimum absolute atomic E-state index is 0.0931. The Hall–Kier alpha value is -3.63. The Labute approximate surface area is 204 Å². The van der Waals surface area contributed by atoms with Gasteiger partial charge in [-0.2, -0.15) is 0 Å². The van der Waals surface area contributed by atoms with Crippen LogP contribution in [0, 0.1) is 10.1 Å². The van der Waals surface area contributed by atoms with Gasteiger partial charge in [-0.15, -0.1) is 0 Å². The van der Waals surface area contributed by atoms with E-state index >= 15 is 0 Å². The van der Waals surface area contributed by atoms with Gasteiger partial charge in [0.05, 0.1) is 25.2 Å². The van der Waals surface area contributed by atoms with E-state index in [1.165, 1.54) is 20.3 Å². The van der Waals surface area contributed by atoms with Crippen molar-refractivity contribution in [2.24, 2.45) is 0 Å². The van der Waals surface area contributed by atoms with Crippen molar-refractivity contribution in [3.63, 3.8) is 0 Å². The summed E-state index contributed by atoms with van der Waals surface area (Å²) in [7, 11) is 2.67. The highest BCUT2D eigenvalue weighted by Gasteiger charge is 2.42. The maximum Gasteiger partial charge on any atom is 0.361 e. The highest BCUT2D eigenvalue weighted by atomic mass is 79.9. The molecule has 0 aromatic heterocycles. The zero-order valence-electron chi connectivity index (χ0n) is 18.4. The zero-order chi connectivity index (χ0) is 24.4. The molecular formula is C24H22BrN3O6. The molecule has 2 N–H and O–H groups in total. The molecule has 4 rings (SSSR count). The summed E-state index contributed by atoms with van der Waals surface area (Å²) >= 11 is 3.52. The average molecular weight is 528 g/mol. The van der Waals surface area contributed by atoms with Gasteiger partial charge >= 0.3 is 5.97 Å². The Kier molecular flexibility index (Phi) is 6.71. The summed E-state index contributed by atoms with van der Waals surface area (Å²) in [5.41, 5.74) is 2.10. The first-order valence-electron chi connectivity index (χ1n) is 10.4. The predicted octanol–water partition coefficient (Wildman–Crippen LogP) is 2.71. The second-order valence-electron chi connectivity index (χ2n) is 7.80. The van der Waals surface area contributed by atoms with Crippen LogP contribution in [0.25, 0.3) is 0 Å². The number of nitrogens with one attached hydrogen (secondary N) is 2. The second-order valence-corrected chi connectivity index (χ2v) is 8.72. The largest absolute Gasteiger partial charge is 0.867 e. The lowest BCUT2D eigenvalue weighted by molar-refractivity contribution is -0.947. The number of ether oxygens (including phenoxy) is 2. The molecule has 0 fully saturated rings. The quantitative estimate of drug-likeness (QED) is 0.287. The number of fused-ring (bicyclic) bond motifs is 1. The lowest BCUT2D eigenvalue weighted by Crippen LogP contribution is -3.15. The fourth-order valence-corrected chi connectivity index (χ4v) is 4.73. The highest BCUT2D eigenvalue weighted by Crippen LogP contribution is 2.40. The molecule has 1 aliphatic heterocycles. The summed E-state index contributed by atoms with van der Waals surface area (Å²) in [6.45, 7) is -0.0931. The number of benzene rings is 3. The molecule has 3 aromatic rings. The number of carbonyl (C=O) groups is 1. The Bertz CT molecular complexity index is 1240. The van der Waals surface area contributed by atoms with Gasteiger partial charge in [-0.25, -0.2) is 4.79 Å². The number of hydrogen-bond acceptors (Lipinski definition) is 7. The SMILES string of the molecule is COC(=O)C[NH+]1[C@H](c2ccccc2)c2cc(Br)ccc2N[C@@H]1c1cc(OC)cc([N+](=O)[O-])c1[O-]. The Balaban J connectivity index is 1.97. The van der Waals surface area contributed by atoms with Gasteiger partial charge < -0.3 is 19.9 Å². The first-order chi connectivity index (χ1) is 16.3. The number of carbonyl (C=O) groups excluding carboxylic acids is 1. The number of nitro benzene ring substituents is 1. The van der Waals surface area contributed by atoms with E-state index < -0.39 is 28.5 Å². The molecule has 0 spiro atoms. The van der Waals surface area contributed by atoms with Crippen LogP contribution in [-0.4, -0.2) is 31.7 Å². The van der Waals surface area contributed by atoms with Crippen LogP contribution in [-0.2, 0) is 9.53 Å². The number of hydrogen-bond donors (Lipinski definition) is 2. The van der Waals surface area contributed by atoms with Crippen molar-refractivity contribution in [3.8, 4) is 11.5 Å². The third kappa shape index (κ3) is 4.42. The van der Waals surface area contributed by atoms with Crippen molar-refractivity contribution in [1.82, 2.24) is 0 Å². The van der Waals surface area contributed by atoms with E-state index in [1.807, 2.05) is 48.5 Å². The van der Waals surface area contributed by atoms with Crippen molar-refractivity contribution in [2.45, 2.75) is 12.2 Å². The van der Waals surface area contributed by atoms with Crippen LogP contribution in [0.5, 0.6) is 11.5 Å². The molecule has 1 aliphatic rings. The van der Waals surface area contributed by atoms with Gasteiger partial charge in [0.25, 0.3) is 5.69 Å². The fourth-order valence-electron chi connectivity index (χ4n) is 4.35. The number of methoxy groups -OCH3 is 2. The first kappa shape index (κ1) is 23.5. The predicted molar refractivity (Wildman–Crippen MR) is 126 cm³/mol. The van der Waals surface area contributed by atoms with Crippen molar-refractivity contribution in [3.05, 3.63) is 91.9 Å². The molecule has 0 aliphatic carbocycles. The van der Waals surface area contributed by atoms with E-state index in [-0.39, 0.29) is 23.9 Å². The van der Waals surface area contributed by atoms with Crippen molar-refractivity contribution >= 4 is 33.3 Å². The molecule has 176 valence electrons. The minimum Gasteiger partial charge on any atom is -0.867 e. The molecule has 3 atom stereocenters. The molecule has 0 bridgehead atoms. The summed E-state index contributed by atoms with van der Waals surface area (Å²) in [4.78, 5) is 24.0. The van der Waals surface area contributed by atoms with Gasteiger partial charge in [0.2, 0.25) is 0 Å². The third-order valence-corrected chi connectivity index (χ3v) is 6.38. The number of nitro groups is 1. The van der Waals surface area contributed by atoms with Crippen molar-refractivity contribution in [2.75, 3.05) is 26.1 Å². The maximum atomic E-state index is 13.2. The van der Waals surface area contributed by atoms with Crippen LogP contribution in [0.15, 0.2) is 65.1 Å². The number of quaternary nitrogens is 1. The molecule has 0 amide bonds. The van der Waals surface area contributed by atoms with Crippen LogP contribution in [0.3, 0.4) is 0 Å². The molecule has 0 radical (unpaired) electrons. The van der Waals surface area contributed by atoms with Gasteiger partial charge in [0, 0.05) is 26.9 Å². The lowest BCUT2D eigenvalue weighted by Gasteiger charge is -2.41. The maximum absolute atomic E-state index is 13.2. The number of nitrogens with zero attached hydrogens (tertiary/aromatic N) is 1. The standard InChI is InChI=1S/C24H22BrN3O6/c1-33-16-11-18(23(30)20(12-16)28(31)32)24-26-19-9-8-15(25)10-17(19)22(14-6-4-3-5-7-14)27(24)13-21(29)34-2/h3-12,22,24,26,30H,13H2,1-2H3/t22-,24+/m1/s1. The molecule has 3 aromatic carbocycles. The van der Waals surface area contributed by atoms with Crippen molar-refractivity contribution in [1.29, 1.82) is 0 Å². The molecule has 0 saturated heterocycles. The molecule has 9 nitrogen and oxygen atoms in total. The van der Waals surface area contributed by atoms with E-state index in [9.17, 15) is 20.0 Å². The Morgan fingerprint density at radius 2 is 1.85 bits per heavy atom. The summed E-state index contributed by atoms with van der Waals surface area (Å²) in [6.07, 6.45) is -0.792. The number of anilines is 1. The Morgan fingerprint density at radius 3 is 2.50 bits per heavy atom. The third-order valence-electron chi connectivity index (χ3n) is 5.89. The van der Waals surface area contributed by atoms with E-state index in [2.05, 4.69) is 21.2 Å². The monoisotopic (exact) mass is 527 g/mol. The van der Waals surface area contributed by atoms with Crippen LogP contribution >= 0.6 is 15.9 Å². The minimum atomic E-state index is -0.792. The van der Waals surface area contributed by atoms with Crippen LogP contribution in [0.4, 0.5) is 11.4 Å². The fraction of sp³-hybridized carbons (Fsp3) is 0.208.